The number of nitro groups is 3. The molecule has 0 aliphatic carbocycles. The van der Waals surface area contributed by atoms with Gasteiger partial charge >= 0.3 is 11.4 Å². The summed E-state index contributed by atoms with van der Waals surface area (Å²) in [5.74, 6) is 0.198. The minimum Gasteiger partial charge on any atom is -0.496 e. The predicted octanol–water partition coefficient (Wildman–Crippen LogP) is 2.87. The fourth-order valence-corrected chi connectivity index (χ4v) is 2.20. The molecular weight excluding hydrogens is 378 g/mol. The summed E-state index contributed by atoms with van der Waals surface area (Å²) < 4.78 is 10.1. The number of benzene rings is 2. The number of ether oxygens (including phenoxy) is 2. The summed E-state index contributed by atoms with van der Waals surface area (Å²) in [4.78, 5) is 30.8. The van der Waals surface area contributed by atoms with Crippen molar-refractivity contribution in [3.8, 4) is 11.5 Å². The number of hydrazone groups is 1. The standard InChI is InChI=1S/C15H13N5O8/c1-27-14-7-15(28-2)13(20(25)26)5-9(14)8-16-17-11-4-3-10(18(21)22)6-12(11)19(23)24/h3-8,17H,1-2H3/b16-8-. The normalized spacial score (nSPS) is 10.5. The van der Waals surface area contributed by atoms with Gasteiger partial charge in [0.15, 0.2) is 0 Å². The highest BCUT2D eigenvalue weighted by molar-refractivity contribution is 5.86. The van der Waals surface area contributed by atoms with Gasteiger partial charge in [-0.2, -0.15) is 5.10 Å². The lowest BCUT2D eigenvalue weighted by molar-refractivity contribution is -0.393. The van der Waals surface area contributed by atoms with Crippen LogP contribution in [0.15, 0.2) is 35.4 Å². The Morgan fingerprint density at radius 3 is 2.07 bits per heavy atom. The summed E-state index contributed by atoms with van der Waals surface area (Å²) in [6.45, 7) is 0. The van der Waals surface area contributed by atoms with Gasteiger partial charge in [-0.25, -0.2) is 0 Å². The van der Waals surface area contributed by atoms with Gasteiger partial charge in [-0.15, -0.1) is 0 Å². The lowest BCUT2D eigenvalue weighted by Crippen LogP contribution is -2.01. The van der Waals surface area contributed by atoms with Gasteiger partial charge < -0.3 is 9.47 Å². The minimum absolute atomic E-state index is 0.0158. The topological polar surface area (TPSA) is 172 Å². The molecule has 0 unspecified atom stereocenters. The molecule has 0 atom stereocenters. The minimum atomic E-state index is -0.802. The first-order valence-corrected chi connectivity index (χ1v) is 7.40. The SMILES string of the molecule is COc1cc(OC)c([N+](=O)[O-])cc1/C=N\Nc1ccc([N+](=O)[O-])cc1[N+](=O)[O-]. The van der Waals surface area contributed by atoms with Crippen LogP contribution in [0.25, 0.3) is 0 Å². The number of hydrogen-bond donors (Lipinski definition) is 1. The van der Waals surface area contributed by atoms with Crippen molar-refractivity contribution in [1.82, 2.24) is 0 Å². The summed E-state index contributed by atoms with van der Waals surface area (Å²) in [7, 11) is 2.61. The van der Waals surface area contributed by atoms with Crippen molar-refractivity contribution in [2.45, 2.75) is 0 Å². The lowest BCUT2D eigenvalue weighted by atomic mass is 10.1. The zero-order valence-electron chi connectivity index (χ0n) is 14.5. The highest BCUT2D eigenvalue weighted by Crippen LogP contribution is 2.34. The Hall–Kier alpha value is -4.29. The Morgan fingerprint density at radius 2 is 1.54 bits per heavy atom. The van der Waals surface area contributed by atoms with Gasteiger partial charge in [0.2, 0.25) is 5.75 Å². The van der Waals surface area contributed by atoms with Crippen LogP contribution in [-0.4, -0.2) is 35.2 Å². The van der Waals surface area contributed by atoms with Gasteiger partial charge in [-0.05, 0) is 6.07 Å². The Morgan fingerprint density at radius 1 is 0.893 bits per heavy atom. The molecule has 0 bridgehead atoms. The molecule has 1 N–H and O–H groups in total. The Bertz CT molecular complexity index is 975. The van der Waals surface area contributed by atoms with E-state index in [0.717, 1.165) is 30.5 Å². The molecule has 0 saturated heterocycles. The van der Waals surface area contributed by atoms with Gasteiger partial charge in [-0.3, -0.25) is 35.8 Å². The average Bonchev–Trinajstić information content (AvgIpc) is 2.67. The Labute approximate surface area is 156 Å². The zero-order valence-corrected chi connectivity index (χ0v) is 14.5. The fraction of sp³-hybridized carbons (Fsp3) is 0.133. The number of non-ortho nitro benzene ring substituents is 1. The molecule has 2 rings (SSSR count). The number of hydrogen-bond acceptors (Lipinski definition) is 10. The molecule has 0 spiro atoms. The van der Waals surface area contributed by atoms with Crippen LogP contribution in [0.3, 0.4) is 0 Å². The molecule has 0 aliphatic heterocycles. The molecule has 0 aliphatic rings. The summed E-state index contributed by atoms with van der Waals surface area (Å²) in [6, 6.07) is 5.45. The highest BCUT2D eigenvalue weighted by atomic mass is 16.6. The molecular formula is C15H13N5O8. The van der Waals surface area contributed by atoms with Gasteiger partial charge in [-0.1, -0.05) is 0 Å². The second kappa shape index (κ2) is 8.39. The molecule has 13 heteroatoms. The van der Waals surface area contributed by atoms with E-state index < -0.39 is 26.1 Å². The maximum atomic E-state index is 11.1. The van der Waals surface area contributed by atoms with Crippen LogP contribution in [0.1, 0.15) is 5.56 Å². The molecule has 2 aromatic rings. The van der Waals surface area contributed by atoms with Gasteiger partial charge in [0.1, 0.15) is 11.4 Å². The number of rotatable bonds is 8. The van der Waals surface area contributed by atoms with Crippen LogP contribution in [0.2, 0.25) is 0 Å². The monoisotopic (exact) mass is 391 g/mol. The molecule has 13 nitrogen and oxygen atoms in total. The molecule has 0 fully saturated rings. The maximum Gasteiger partial charge on any atom is 0.311 e. The van der Waals surface area contributed by atoms with E-state index in [4.69, 9.17) is 9.47 Å². The first-order chi connectivity index (χ1) is 13.3. The van der Waals surface area contributed by atoms with Crippen LogP contribution < -0.4 is 14.9 Å². The van der Waals surface area contributed by atoms with E-state index >= 15 is 0 Å². The fourth-order valence-electron chi connectivity index (χ4n) is 2.20. The van der Waals surface area contributed by atoms with Crippen molar-refractivity contribution in [3.63, 3.8) is 0 Å². The number of nitrogens with zero attached hydrogens (tertiary/aromatic N) is 4. The second-order valence-corrected chi connectivity index (χ2v) is 5.11. The second-order valence-electron chi connectivity index (χ2n) is 5.11. The van der Waals surface area contributed by atoms with Crippen molar-refractivity contribution >= 4 is 29.0 Å². The third kappa shape index (κ3) is 4.27. The molecule has 0 saturated carbocycles. The number of anilines is 1. The first kappa shape index (κ1) is 20.0. The molecule has 0 radical (unpaired) electrons. The third-order valence-corrected chi connectivity index (χ3v) is 3.51. The number of nitrogens with one attached hydrogen (secondary N) is 1. The molecule has 0 amide bonds. The Kier molecular flexibility index (Phi) is 6.00. The zero-order chi connectivity index (χ0) is 20.8. The van der Waals surface area contributed by atoms with E-state index in [1.54, 1.807) is 0 Å². The van der Waals surface area contributed by atoms with Crippen molar-refractivity contribution in [2.75, 3.05) is 19.6 Å². The third-order valence-electron chi connectivity index (χ3n) is 3.51. The molecule has 0 aromatic heterocycles. The van der Waals surface area contributed by atoms with Crippen LogP contribution in [-0.2, 0) is 0 Å². The molecule has 28 heavy (non-hydrogen) atoms. The van der Waals surface area contributed by atoms with Crippen molar-refractivity contribution in [3.05, 3.63) is 66.2 Å². The largest absolute Gasteiger partial charge is 0.496 e. The smallest absolute Gasteiger partial charge is 0.311 e. The summed E-state index contributed by atoms with van der Waals surface area (Å²) in [5.41, 5.74) is 1.15. The Balaban J connectivity index is 2.37. The predicted molar refractivity (Wildman–Crippen MR) is 97.2 cm³/mol. The molecule has 2 aromatic carbocycles. The number of nitro benzene ring substituents is 3. The van der Waals surface area contributed by atoms with E-state index in [0.29, 0.717) is 0 Å². The van der Waals surface area contributed by atoms with E-state index in [-0.39, 0.29) is 28.4 Å². The van der Waals surface area contributed by atoms with Crippen molar-refractivity contribution < 1.29 is 24.2 Å². The quantitative estimate of drug-likeness (QED) is 0.403. The maximum absolute atomic E-state index is 11.1. The average molecular weight is 391 g/mol. The van der Waals surface area contributed by atoms with Crippen LogP contribution in [0, 0.1) is 30.3 Å². The van der Waals surface area contributed by atoms with Crippen LogP contribution in [0.5, 0.6) is 11.5 Å². The lowest BCUT2D eigenvalue weighted by Gasteiger charge is -2.08. The summed E-state index contributed by atoms with van der Waals surface area (Å²) >= 11 is 0. The van der Waals surface area contributed by atoms with E-state index in [1.807, 2.05) is 0 Å². The highest BCUT2D eigenvalue weighted by Gasteiger charge is 2.20. The van der Waals surface area contributed by atoms with E-state index in [2.05, 4.69) is 10.5 Å². The van der Waals surface area contributed by atoms with Gasteiger partial charge in [0.25, 0.3) is 5.69 Å². The summed E-state index contributed by atoms with van der Waals surface area (Å²) in [6.07, 6.45) is 1.15. The molecule has 146 valence electrons. The van der Waals surface area contributed by atoms with Crippen molar-refractivity contribution in [2.24, 2.45) is 5.10 Å². The van der Waals surface area contributed by atoms with E-state index in [9.17, 15) is 30.3 Å². The van der Waals surface area contributed by atoms with E-state index in [1.165, 1.54) is 20.3 Å². The van der Waals surface area contributed by atoms with Gasteiger partial charge in [0.05, 0.1) is 41.3 Å². The molecule has 0 heterocycles. The first-order valence-electron chi connectivity index (χ1n) is 7.40. The van der Waals surface area contributed by atoms with Gasteiger partial charge in [0, 0.05) is 23.8 Å². The summed E-state index contributed by atoms with van der Waals surface area (Å²) in [5, 5.41) is 36.8. The van der Waals surface area contributed by atoms with Crippen LogP contribution in [0.4, 0.5) is 22.7 Å². The van der Waals surface area contributed by atoms with Crippen molar-refractivity contribution in [1.29, 1.82) is 0 Å². The van der Waals surface area contributed by atoms with Crippen LogP contribution >= 0.6 is 0 Å². The number of methoxy groups -OCH3 is 2.